The molecule has 0 saturated heterocycles. The van der Waals surface area contributed by atoms with Gasteiger partial charge in [-0.1, -0.05) is 59.5 Å². The molecular formula is C36H26FIrN2O3S-. The number of furan rings is 1. The van der Waals surface area contributed by atoms with Crippen LogP contribution >= 0.6 is 11.3 Å². The number of ketones is 1. The first-order valence-electron chi connectivity index (χ1n) is 13.6. The van der Waals surface area contributed by atoms with Gasteiger partial charge in [-0.3, -0.25) is 9.78 Å². The largest absolute Gasteiger partial charge is 0.512 e. The van der Waals surface area contributed by atoms with Gasteiger partial charge in [0.25, 0.3) is 0 Å². The SMILES string of the molecule is CC(=O)/C=C(/C)O.Cc1ccc2c(n1)oc1c(-c3ccc4sc(-c5ccc(F)cc5)c(-c5ccccc5)c4n3)[c-]ccc12.[Ir]. The molecule has 221 valence electrons. The third-order valence-corrected chi connectivity index (χ3v) is 8.00. The molecule has 4 aromatic heterocycles. The van der Waals surface area contributed by atoms with Gasteiger partial charge in [-0.05, 0) is 67.9 Å². The average molecular weight is 778 g/mol. The van der Waals surface area contributed by atoms with Gasteiger partial charge in [0.2, 0.25) is 5.71 Å². The Morgan fingerprint density at radius 1 is 0.909 bits per heavy atom. The molecule has 0 aliphatic heterocycles. The van der Waals surface area contributed by atoms with Crippen molar-refractivity contribution in [1.29, 1.82) is 0 Å². The van der Waals surface area contributed by atoms with E-state index in [1.165, 1.54) is 32.1 Å². The van der Waals surface area contributed by atoms with Gasteiger partial charge >= 0.3 is 0 Å². The van der Waals surface area contributed by atoms with Crippen LogP contribution in [-0.2, 0) is 24.9 Å². The molecule has 3 aromatic carbocycles. The molecule has 4 heterocycles. The zero-order valence-corrected chi connectivity index (χ0v) is 27.2. The summed E-state index contributed by atoms with van der Waals surface area (Å²) in [6, 6.07) is 32.3. The van der Waals surface area contributed by atoms with E-state index in [0.717, 1.165) is 65.1 Å². The van der Waals surface area contributed by atoms with E-state index in [2.05, 4.69) is 29.2 Å². The second-order valence-corrected chi connectivity index (χ2v) is 11.2. The van der Waals surface area contributed by atoms with E-state index in [1.54, 1.807) is 11.3 Å². The molecule has 0 atom stereocenters. The van der Waals surface area contributed by atoms with Crippen LogP contribution in [0.25, 0.3) is 65.1 Å². The number of fused-ring (bicyclic) bond motifs is 4. The molecule has 0 amide bonds. The zero-order valence-electron chi connectivity index (χ0n) is 24.0. The number of carbonyl (C=O) groups is 1. The van der Waals surface area contributed by atoms with Crippen molar-refractivity contribution in [3.05, 3.63) is 120 Å². The van der Waals surface area contributed by atoms with E-state index in [1.807, 2.05) is 67.6 Å². The molecule has 1 radical (unpaired) electrons. The average Bonchev–Trinajstić information content (AvgIpc) is 3.55. The molecule has 0 bridgehead atoms. The van der Waals surface area contributed by atoms with Gasteiger partial charge in [-0.2, -0.15) is 0 Å². The topological polar surface area (TPSA) is 76.2 Å². The van der Waals surface area contributed by atoms with Gasteiger partial charge in [0.1, 0.15) is 5.82 Å². The molecule has 44 heavy (non-hydrogen) atoms. The second-order valence-electron chi connectivity index (χ2n) is 10.1. The smallest absolute Gasteiger partial charge is 0.216 e. The van der Waals surface area contributed by atoms with Crippen LogP contribution in [0.4, 0.5) is 4.39 Å². The zero-order chi connectivity index (χ0) is 30.1. The predicted molar refractivity (Wildman–Crippen MR) is 172 cm³/mol. The molecule has 0 aliphatic rings. The van der Waals surface area contributed by atoms with Gasteiger partial charge < -0.3 is 9.52 Å². The Labute approximate surface area is 271 Å². The van der Waals surface area contributed by atoms with Crippen molar-refractivity contribution in [2.75, 3.05) is 0 Å². The number of pyridine rings is 2. The van der Waals surface area contributed by atoms with Crippen molar-refractivity contribution in [3.8, 4) is 32.8 Å². The van der Waals surface area contributed by atoms with Crippen LogP contribution in [0.5, 0.6) is 0 Å². The first-order chi connectivity index (χ1) is 20.8. The summed E-state index contributed by atoms with van der Waals surface area (Å²) >= 11 is 1.66. The third-order valence-electron chi connectivity index (χ3n) is 6.81. The minimum Gasteiger partial charge on any atom is -0.512 e. The fourth-order valence-corrected chi connectivity index (χ4v) is 6.16. The van der Waals surface area contributed by atoms with Crippen LogP contribution in [0.2, 0.25) is 0 Å². The van der Waals surface area contributed by atoms with Gasteiger partial charge in [0.05, 0.1) is 21.6 Å². The quantitative estimate of drug-likeness (QED) is 0.109. The molecule has 8 heteroatoms. The minimum absolute atomic E-state index is 0. The molecule has 7 rings (SSSR count). The van der Waals surface area contributed by atoms with Crippen molar-refractivity contribution in [2.24, 2.45) is 0 Å². The second kappa shape index (κ2) is 13.0. The van der Waals surface area contributed by atoms with E-state index in [9.17, 15) is 9.18 Å². The van der Waals surface area contributed by atoms with Gasteiger partial charge in [-0.15, -0.1) is 29.5 Å². The molecular weight excluding hydrogens is 752 g/mol. The van der Waals surface area contributed by atoms with E-state index in [0.29, 0.717) is 5.71 Å². The Hall–Kier alpha value is -4.49. The van der Waals surface area contributed by atoms with E-state index < -0.39 is 0 Å². The summed E-state index contributed by atoms with van der Waals surface area (Å²) in [4.78, 5) is 20.8. The number of hydrogen-bond acceptors (Lipinski definition) is 6. The van der Waals surface area contributed by atoms with Crippen LogP contribution < -0.4 is 0 Å². The summed E-state index contributed by atoms with van der Waals surface area (Å²) in [6.45, 7) is 4.80. The Morgan fingerprint density at radius 2 is 1.66 bits per heavy atom. The Morgan fingerprint density at radius 3 is 2.34 bits per heavy atom. The minimum atomic E-state index is -0.249. The Kier molecular flexibility index (Phi) is 9.16. The molecule has 1 N–H and O–H groups in total. The number of thiophene rings is 1. The molecule has 7 aromatic rings. The Bertz CT molecular complexity index is 2150. The fourth-order valence-electron chi connectivity index (χ4n) is 4.99. The number of halogens is 1. The first-order valence-corrected chi connectivity index (χ1v) is 14.4. The number of benzene rings is 3. The number of allylic oxidation sites excluding steroid dienone is 2. The monoisotopic (exact) mass is 778 g/mol. The standard InChI is InChI=1S/C31H18FN2OS.C5H8O2.Ir/c1-18-10-15-23-22-8-5-9-24(29(22)35-31(23)33-18)25-16-17-26-28(34-25)27(19-6-3-2-4-7-19)30(36-26)20-11-13-21(32)14-12-20;1-4(6)3-5(2)7;/h2-8,10-17H,1H3;3,6H,1-2H3;/q-1;;/b;4-3-;. The number of hydrogen-bond donors (Lipinski definition) is 1. The van der Waals surface area contributed by atoms with Crippen LogP contribution in [0.3, 0.4) is 0 Å². The van der Waals surface area contributed by atoms with Gasteiger partial charge in [0, 0.05) is 47.7 Å². The first kappa shape index (κ1) is 31.0. The van der Waals surface area contributed by atoms with Crippen LogP contribution in [-0.4, -0.2) is 20.9 Å². The molecule has 0 saturated carbocycles. The van der Waals surface area contributed by atoms with Crippen molar-refractivity contribution in [2.45, 2.75) is 20.8 Å². The molecule has 0 spiro atoms. The van der Waals surface area contributed by atoms with Crippen molar-refractivity contribution in [1.82, 2.24) is 9.97 Å². The number of nitrogens with zero attached hydrogens (tertiary/aromatic N) is 2. The number of carbonyl (C=O) groups excluding carboxylic acids is 1. The maximum atomic E-state index is 13.7. The van der Waals surface area contributed by atoms with E-state index in [-0.39, 0.29) is 37.5 Å². The molecule has 0 fully saturated rings. The summed E-state index contributed by atoms with van der Waals surface area (Å²) in [5.74, 6) is -0.312. The van der Waals surface area contributed by atoms with Crippen molar-refractivity contribution in [3.63, 3.8) is 0 Å². The fraction of sp³-hybridized carbons (Fsp3) is 0.0833. The number of rotatable bonds is 4. The van der Waals surface area contributed by atoms with Crippen molar-refractivity contribution < 1.29 is 38.8 Å². The van der Waals surface area contributed by atoms with Crippen LogP contribution in [0.15, 0.2) is 107 Å². The van der Waals surface area contributed by atoms with E-state index in [4.69, 9.17) is 14.5 Å². The summed E-state index contributed by atoms with van der Waals surface area (Å²) in [7, 11) is 0. The maximum Gasteiger partial charge on any atom is 0.216 e. The molecule has 0 unspecified atom stereocenters. The number of aryl methyl sites for hydroxylation is 1. The summed E-state index contributed by atoms with van der Waals surface area (Å²) < 4.78 is 20.9. The van der Waals surface area contributed by atoms with Gasteiger partial charge in [-0.25, -0.2) is 9.37 Å². The number of aliphatic hydroxyl groups is 1. The van der Waals surface area contributed by atoms with Crippen molar-refractivity contribution >= 4 is 49.4 Å². The number of aromatic nitrogens is 2. The summed E-state index contributed by atoms with van der Waals surface area (Å²) in [6.07, 6.45) is 1.17. The molecule has 0 aliphatic carbocycles. The van der Waals surface area contributed by atoms with Crippen LogP contribution in [0, 0.1) is 18.8 Å². The summed E-state index contributed by atoms with van der Waals surface area (Å²) in [5, 5.41) is 10.3. The summed E-state index contributed by atoms with van der Waals surface area (Å²) in [5.41, 5.74) is 7.81. The van der Waals surface area contributed by atoms with Gasteiger partial charge in [0.15, 0.2) is 5.78 Å². The predicted octanol–water partition coefficient (Wildman–Crippen LogP) is 9.87. The number of aliphatic hydroxyl groups excluding tert-OH is 1. The third kappa shape index (κ3) is 6.24. The maximum absolute atomic E-state index is 13.7. The van der Waals surface area contributed by atoms with E-state index >= 15 is 0 Å². The Balaban J connectivity index is 0.000000433. The normalized spacial score (nSPS) is 11.3. The van der Waals surface area contributed by atoms with Crippen LogP contribution in [0.1, 0.15) is 19.5 Å². The molecule has 5 nitrogen and oxygen atoms in total.